The van der Waals surface area contributed by atoms with Crippen LogP contribution < -0.4 is 20.1 Å². The van der Waals surface area contributed by atoms with Gasteiger partial charge in [-0.15, -0.1) is 0 Å². The first-order valence-electron chi connectivity index (χ1n) is 7.75. The van der Waals surface area contributed by atoms with Crippen LogP contribution in [0.5, 0.6) is 11.5 Å². The number of halogens is 3. The maximum atomic E-state index is 13.6. The van der Waals surface area contributed by atoms with Gasteiger partial charge in [0.15, 0.2) is 29.0 Å². The molecule has 0 saturated carbocycles. The van der Waals surface area contributed by atoms with Gasteiger partial charge in [-0.25, -0.2) is 13.2 Å². The number of hydrogen-bond acceptors (Lipinski definition) is 4. The summed E-state index contributed by atoms with van der Waals surface area (Å²) in [5.41, 5.74) is -0.0272. The van der Waals surface area contributed by atoms with Crippen molar-refractivity contribution in [2.75, 3.05) is 19.5 Å². The molecule has 9 heteroatoms. The van der Waals surface area contributed by atoms with E-state index in [-0.39, 0.29) is 0 Å². The van der Waals surface area contributed by atoms with Crippen molar-refractivity contribution in [3.63, 3.8) is 0 Å². The van der Waals surface area contributed by atoms with Crippen LogP contribution in [0.4, 0.5) is 18.9 Å². The van der Waals surface area contributed by atoms with Gasteiger partial charge in [0.1, 0.15) is 0 Å². The number of rotatable bonds is 5. The monoisotopic (exact) mass is 382 g/mol. The molecule has 0 saturated heterocycles. The first kappa shape index (κ1) is 20.1. The SMILES string of the molecule is COc1ccc(C(C)NC(=O)C(=O)Nc2ccc(F)c(F)c2F)cc1OC. The van der Waals surface area contributed by atoms with Crippen molar-refractivity contribution >= 4 is 17.5 Å². The predicted octanol–water partition coefficient (Wildman–Crippen LogP) is 2.94. The fourth-order valence-electron chi connectivity index (χ4n) is 2.27. The van der Waals surface area contributed by atoms with E-state index < -0.39 is 41.0 Å². The minimum absolute atomic E-state index is 0.435. The molecule has 0 aromatic heterocycles. The first-order valence-corrected chi connectivity index (χ1v) is 7.75. The Hall–Kier alpha value is -3.23. The Morgan fingerprint density at radius 1 is 0.926 bits per heavy atom. The molecule has 6 nitrogen and oxygen atoms in total. The molecule has 2 aromatic carbocycles. The maximum Gasteiger partial charge on any atom is 0.313 e. The van der Waals surface area contributed by atoms with Crippen LogP contribution in [0, 0.1) is 17.5 Å². The highest BCUT2D eigenvalue weighted by Gasteiger charge is 2.21. The van der Waals surface area contributed by atoms with Crippen molar-refractivity contribution in [3.8, 4) is 11.5 Å². The minimum Gasteiger partial charge on any atom is -0.493 e. The van der Waals surface area contributed by atoms with Gasteiger partial charge in [0.25, 0.3) is 0 Å². The Morgan fingerprint density at radius 2 is 1.59 bits per heavy atom. The largest absolute Gasteiger partial charge is 0.493 e. The highest BCUT2D eigenvalue weighted by molar-refractivity contribution is 6.39. The van der Waals surface area contributed by atoms with Gasteiger partial charge >= 0.3 is 11.8 Å². The number of ether oxygens (including phenoxy) is 2. The second kappa shape index (κ2) is 8.43. The molecular weight excluding hydrogens is 365 g/mol. The van der Waals surface area contributed by atoms with Crippen molar-refractivity contribution in [3.05, 3.63) is 53.3 Å². The Kier molecular flexibility index (Phi) is 6.27. The lowest BCUT2D eigenvalue weighted by atomic mass is 10.1. The van der Waals surface area contributed by atoms with Crippen molar-refractivity contribution in [2.24, 2.45) is 0 Å². The average molecular weight is 382 g/mol. The standard InChI is InChI=1S/C18H17F3N2O4/c1-9(10-4-7-13(26-2)14(8-10)27-3)22-17(24)18(25)23-12-6-5-11(19)15(20)16(12)21/h4-9H,1-3H3,(H,22,24)(H,23,25). The highest BCUT2D eigenvalue weighted by Crippen LogP contribution is 2.29. The number of benzene rings is 2. The quantitative estimate of drug-likeness (QED) is 0.616. The highest BCUT2D eigenvalue weighted by atomic mass is 19.2. The van der Waals surface area contributed by atoms with Crippen molar-refractivity contribution < 1.29 is 32.2 Å². The summed E-state index contributed by atoms with van der Waals surface area (Å²) >= 11 is 0. The van der Waals surface area contributed by atoms with Crippen LogP contribution in [0.2, 0.25) is 0 Å². The zero-order valence-corrected chi connectivity index (χ0v) is 14.7. The lowest BCUT2D eigenvalue weighted by Gasteiger charge is -2.16. The second-order valence-corrected chi connectivity index (χ2v) is 5.49. The second-order valence-electron chi connectivity index (χ2n) is 5.49. The zero-order valence-electron chi connectivity index (χ0n) is 14.7. The molecule has 27 heavy (non-hydrogen) atoms. The third-order valence-electron chi connectivity index (χ3n) is 3.74. The van der Waals surface area contributed by atoms with E-state index in [9.17, 15) is 22.8 Å². The summed E-state index contributed by atoms with van der Waals surface area (Å²) in [6, 6.07) is 5.77. The molecule has 0 aliphatic heterocycles. The van der Waals surface area contributed by atoms with Gasteiger partial charge in [-0.05, 0) is 36.8 Å². The van der Waals surface area contributed by atoms with Gasteiger partial charge in [-0.2, -0.15) is 0 Å². The summed E-state index contributed by atoms with van der Waals surface area (Å²) < 4.78 is 50.0. The number of carbonyl (C=O) groups excluding carboxylic acids is 2. The van der Waals surface area contributed by atoms with Crippen LogP contribution in [0.15, 0.2) is 30.3 Å². The summed E-state index contributed by atoms with van der Waals surface area (Å²) in [5, 5.41) is 4.31. The fourth-order valence-corrected chi connectivity index (χ4v) is 2.27. The lowest BCUT2D eigenvalue weighted by Crippen LogP contribution is -2.37. The molecule has 0 aliphatic rings. The van der Waals surface area contributed by atoms with Gasteiger partial charge in [0, 0.05) is 0 Å². The summed E-state index contributed by atoms with van der Waals surface area (Å²) in [7, 11) is 2.93. The number of nitrogens with one attached hydrogen (secondary N) is 2. The van der Waals surface area contributed by atoms with Crippen LogP contribution in [-0.2, 0) is 9.59 Å². The topological polar surface area (TPSA) is 76.7 Å². The van der Waals surface area contributed by atoms with Gasteiger partial charge in [-0.3, -0.25) is 9.59 Å². The number of amides is 2. The average Bonchev–Trinajstić information content (AvgIpc) is 2.67. The minimum atomic E-state index is -1.74. The van der Waals surface area contributed by atoms with Gasteiger partial charge in [-0.1, -0.05) is 6.07 Å². The molecule has 1 unspecified atom stereocenters. The van der Waals surface area contributed by atoms with Crippen LogP contribution in [0.25, 0.3) is 0 Å². The molecule has 2 amide bonds. The molecule has 2 rings (SSSR count). The predicted molar refractivity (Wildman–Crippen MR) is 91.0 cm³/mol. The van der Waals surface area contributed by atoms with E-state index in [0.717, 1.165) is 6.07 Å². The number of anilines is 1. The Bertz CT molecular complexity index is 874. The normalized spacial score (nSPS) is 11.5. The smallest absolute Gasteiger partial charge is 0.313 e. The van der Waals surface area contributed by atoms with Gasteiger partial charge in [0.2, 0.25) is 0 Å². The molecule has 2 aromatic rings. The van der Waals surface area contributed by atoms with Crippen molar-refractivity contribution in [1.82, 2.24) is 5.32 Å². The Morgan fingerprint density at radius 3 is 2.22 bits per heavy atom. The molecular formula is C18H17F3N2O4. The van der Waals surface area contributed by atoms with Gasteiger partial charge < -0.3 is 20.1 Å². The number of carbonyl (C=O) groups is 2. The van der Waals surface area contributed by atoms with Crippen LogP contribution in [0.3, 0.4) is 0 Å². The van der Waals surface area contributed by atoms with E-state index in [1.54, 1.807) is 25.1 Å². The van der Waals surface area contributed by atoms with Crippen LogP contribution in [0.1, 0.15) is 18.5 Å². The van der Waals surface area contributed by atoms with E-state index in [2.05, 4.69) is 5.32 Å². The zero-order chi connectivity index (χ0) is 20.1. The third kappa shape index (κ3) is 4.49. The molecule has 1 atom stereocenters. The Balaban J connectivity index is 2.08. The number of hydrogen-bond donors (Lipinski definition) is 2. The molecule has 144 valence electrons. The van der Waals surface area contributed by atoms with E-state index >= 15 is 0 Å². The van der Waals surface area contributed by atoms with Crippen LogP contribution >= 0.6 is 0 Å². The van der Waals surface area contributed by atoms with Crippen molar-refractivity contribution in [2.45, 2.75) is 13.0 Å². The molecule has 2 N–H and O–H groups in total. The number of methoxy groups -OCH3 is 2. The van der Waals surface area contributed by atoms with E-state index in [0.29, 0.717) is 23.1 Å². The molecule has 0 heterocycles. The van der Waals surface area contributed by atoms with Crippen LogP contribution in [-0.4, -0.2) is 26.0 Å². The van der Waals surface area contributed by atoms with E-state index in [4.69, 9.17) is 9.47 Å². The molecule has 0 aliphatic carbocycles. The lowest BCUT2D eigenvalue weighted by molar-refractivity contribution is -0.136. The van der Waals surface area contributed by atoms with E-state index in [1.165, 1.54) is 14.2 Å². The Labute approximate surface area is 153 Å². The summed E-state index contributed by atoms with van der Waals surface area (Å²) in [4.78, 5) is 23.9. The summed E-state index contributed by atoms with van der Waals surface area (Å²) in [5.74, 6) is -6.13. The fraction of sp³-hybridized carbons (Fsp3) is 0.222. The third-order valence-corrected chi connectivity index (χ3v) is 3.74. The van der Waals surface area contributed by atoms with Crippen molar-refractivity contribution in [1.29, 1.82) is 0 Å². The molecule has 0 spiro atoms. The first-order chi connectivity index (χ1) is 12.8. The summed E-state index contributed by atoms with van der Waals surface area (Å²) in [6.45, 7) is 1.62. The molecule has 0 fully saturated rings. The van der Waals surface area contributed by atoms with Gasteiger partial charge in [0.05, 0.1) is 25.9 Å². The maximum absolute atomic E-state index is 13.6. The summed E-state index contributed by atoms with van der Waals surface area (Å²) in [6.07, 6.45) is 0. The van der Waals surface area contributed by atoms with E-state index in [1.807, 2.05) is 5.32 Å². The molecule has 0 bridgehead atoms. The molecule has 0 radical (unpaired) electrons.